The molecule has 0 radical (unpaired) electrons. The molecular weight excluding hydrogens is 230 g/mol. The molecule has 1 heteroatoms. The van der Waals surface area contributed by atoms with Gasteiger partial charge in [-0.1, -0.05) is 36.4 Å². The van der Waals surface area contributed by atoms with E-state index in [1.54, 1.807) is 0 Å². The summed E-state index contributed by atoms with van der Waals surface area (Å²) in [6.07, 6.45) is 0. The lowest BCUT2D eigenvalue weighted by molar-refractivity contribution is 1.17. The van der Waals surface area contributed by atoms with E-state index in [0.717, 1.165) is 11.2 Å². The molecule has 0 unspecified atom stereocenters. The van der Waals surface area contributed by atoms with Crippen molar-refractivity contribution in [1.82, 2.24) is 4.98 Å². The van der Waals surface area contributed by atoms with E-state index >= 15 is 0 Å². The van der Waals surface area contributed by atoms with Crippen LogP contribution in [0.5, 0.6) is 0 Å². The minimum Gasteiger partial charge on any atom is -0.253 e. The zero-order chi connectivity index (χ0) is 13.4. The highest BCUT2D eigenvalue weighted by Crippen LogP contribution is 2.27. The Balaban J connectivity index is 2.27. The summed E-state index contributed by atoms with van der Waals surface area (Å²) in [6.45, 7) is 6.40. The third kappa shape index (κ3) is 2.01. The molecule has 0 bridgehead atoms. The lowest BCUT2D eigenvalue weighted by atomic mass is 9.98. The van der Waals surface area contributed by atoms with Crippen molar-refractivity contribution in [3.05, 3.63) is 65.4 Å². The van der Waals surface area contributed by atoms with Gasteiger partial charge >= 0.3 is 0 Å². The Labute approximate surface area is 113 Å². The summed E-state index contributed by atoms with van der Waals surface area (Å²) < 4.78 is 0. The molecule has 0 aliphatic heterocycles. The van der Waals surface area contributed by atoms with Crippen molar-refractivity contribution in [2.24, 2.45) is 0 Å². The highest BCUT2D eigenvalue weighted by atomic mass is 14.7. The van der Waals surface area contributed by atoms with Crippen LogP contribution in [0.3, 0.4) is 0 Å². The third-order valence-corrected chi connectivity index (χ3v) is 3.90. The monoisotopic (exact) mass is 247 g/mol. The van der Waals surface area contributed by atoms with Gasteiger partial charge in [0.15, 0.2) is 0 Å². The molecule has 0 N–H and O–H groups in total. The maximum atomic E-state index is 4.67. The second kappa shape index (κ2) is 4.51. The smallest absolute Gasteiger partial charge is 0.0708 e. The molecule has 0 saturated heterocycles. The lowest BCUT2D eigenvalue weighted by Crippen LogP contribution is -1.93. The summed E-state index contributed by atoms with van der Waals surface area (Å²) in [5.74, 6) is 0. The number of benzene rings is 2. The van der Waals surface area contributed by atoms with Crippen molar-refractivity contribution in [2.45, 2.75) is 20.8 Å². The highest BCUT2D eigenvalue weighted by Gasteiger charge is 2.07. The lowest BCUT2D eigenvalue weighted by Gasteiger charge is -2.10. The van der Waals surface area contributed by atoms with Gasteiger partial charge in [-0.05, 0) is 55.2 Å². The number of aryl methyl sites for hydroxylation is 2. The third-order valence-electron chi connectivity index (χ3n) is 3.90. The molecule has 1 aromatic heterocycles. The predicted octanol–water partition coefficient (Wildman–Crippen LogP) is 4.83. The standard InChI is InChI=1S/C18H17N/c1-12-13(2)17-11-16(15-7-5-4-6-8-15)9-10-18(17)19-14(12)3/h4-11H,1-3H3. The Morgan fingerprint density at radius 3 is 2.21 bits per heavy atom. The number of aromatic nitrogens is 1. The topological polar surface area (TPSA) is 12.9 Å². The fourth-order valence-electron chi connectivity index (χ4n) is 2.48. The molecule has 94 valence electrons. The van der Waals surface area contributed by atoms with Crippen LogP contribution >= 0.6 is 0 Å². The number of hydrogen-bond donors (Lipinski definition) is 0. The SMILES string of the molecule is Cc1nc2ccc(-c3ccccc3)cc2c(C)c1C. The van der Waals surface area contributed by atoms with Crippen LogP contribution in [0.25, 0.3) is 22.0 Å². The summed E-state index contributed by atoms with van der Waals surface area (Å²) in [6, 6.07) is 17.0. The van der Waals surface area contributed by atoms with E-state index < -0.39 is 0 Å². The quantitative estimate of drug-likeness (QED) is 0.600. The van der Waals surface area contributed by atoms with Gasteiger partial charge in [0.1, 0.15) is 0 Å². The normalized spacial score (nSPS) is 10.9. The maximum Gasteiger partial charge on any atom is 0.0708 e. The van der Waals surface area contributed by atoms with E-state index in [9.17, 15) is 0 Å². The van der Waals surface area contributed by atoms with Crippen molar-refractivity contribution in [2.75, 3.05) is 0 Å². The van der Waals surface area contributed by atoms with E-state index in [1.807, 2.05) is 6.07 Å². The first-order chi connectivity index (χ1) is 9.16. The average molecular weight is 247 g/mol. The van der Waals surface area contributed by atoms with Gasteiger partial charge < -0.3 is 0 Å². The number of hydrogen-bond acceptors (Lipinski definition) is 1. The van der Waals surface area contributed by atoms with E-state index in [1.165, 1.54) is 27.6 Å². The summed E-state index contributed by atoms with van der Waals surface area (Å²) >= 11 is 0. The molecule has 0 atom stereocenters. The minimum absolute atomic E-state index is 1.08. The predicted molar refractivity (Wildman–Crippen MR) is 81.4 cm³/mol. The Morgan fingerprint density at radius 2 is 1.47 bits per heavy atom. The molecule has 2 aromatic carbocycles. The van der Waals surface area contributed by atoms with Gasteiger partial charge in [-0.2, -0.15) is 0 Å². The van der Waals surface area contributed by atoms with Crippen molar-refractivity contribution >= 4 is 10.9 Å². The largest absolute Gasteiger partial charge is 0.253 e. The van der Waals surface area contributed by atoms with Gasteiger partial charge in [-0.3, -0.25) is 4.98 Å². The van der Waals surface area contributed by atoms with Crippen molar-refractivity contribution < 1.29 is 0 Å². The van der Waals surface area contributed by atoms with Crippen molar-refractivity contribution in [3.8, 4) is 11.1 Å². The summed E-state index contributed by atoms with van der Waals surface area (Å²) in [4.78, 5) is 4.67. The molecule has 19 heavy (non-hydrogen) atoms. The fraction of sp³-hybridized carbons (Fsp3) is 0.167. The second-order valence-corrected chi connectivity index (χ2v) is 5.05. The average Bonchev–Trinajstić information content (AvgIpc) is 2.46. The Hall–Kier alpha value is -2.15. The molecule has 0 amide bonds. The molecule has 0 fully saturated rings. The Bertz CT molecular complexity index is 742. The van der Waals surface area contributed by atoms with Crippen LogP contribution in [0.2, 0.25) is 0 Å². The van der Waals surface area contributed by atoms with Crippen LogP contribution in [-0.2, 0) is 0 Å². The first-order valence-corrected chi connectivity index (χ1v) is 6.60. The van der Waals surface area contributed by atoms with E-state index in [0.29, 0.717) is 0 Å². The minimum atomic E-state index is 1.08. The second-order valence-electron chi connectivity index (χ2n) is 5.05. The Morgan fingerprint density at radius 1 is 0.737 bits per heavy atom. The van der Waals surface area contributed by atoms with Gasteiger partial charge in [0.05, 0.1) is 5.52 Å². The molecule has 3 aromatic rings. The molecule has 0 aliphatic rings. The molecule has 0 saturated carbocycles. The van der Waals surface area contributed by atoms with Crippen LogP contribution in [0.15, 0.2) is 48.5 Å². The molecule has 0 spiro atoms. The van der Waals surface area contributed by atoms with E-state index in [-0.39, 0.29) is 0 Å². The van der Waals surface area contributed by atoms with Gasteiger partial charge in [-0.25, -0.2) is 0 Å². The summed E-state index contributed by atoms with van der Waals surface area (Å²) in [5, 5.41) is 1.25. The number of pyridine rings is 1. The van der Waals surface area contributed by atoms with Crippen molar-refractivity contribution in [1.29, 1.82) is 0 Å². The van der Waals surface area contributed by atoms with Gasteiger partial charge in [0.25, 0.3) is 0 Å². The number of rotatable bonds is 1. The zero-order valence-corrected chi connectivity index (χ0v) is 11.6. The molecule has 3 rings (SSSR count). The van der Waals surface area contributed by atoms with Gasteiger partial charge in [0, 0.05) is 11.1 Å². The van der Waals surface area contributed by atoms with Crippen LogP contribution in [-0.4, -0.2) is 4.98 Å². The van der Waals surface area contributed by atoms with Crippen LogP contribution in [0, 0.1) is 20.8 Å². The first-order valence-electron chi connectivity index (χ1n) is 6.60. The fourth-order valence-corrected chi connectivity index (χ4v) is 2.48. The maximum absolute atomic E-state index is 4.67. The zero-order valence-electron chi connectivity index (χ0n) is 11.6. The molecule has 1 nitrogen and oxygen atoms in total. The molecule has 0 aliphatic carbocycles. The van der Waals surface area contributed by atoms with Gasteiger partial charge in [0.2, 0.25) is 0 Å². The van der Waals surface area contributed by atoms with Crippen LogP contribution in [0.4, 0.5) is 0 Å². The molecule has 1 heterocycles. The van der Waals surface area contributed by atoms with Crippen molar-refractivity contribution in [3.63, 3.8) is 0 Å². The van der Waals surface area contributed by atoms with E-state index in [2.05, 4.69) is 68.2 Å². The highest BCUT2D eigenvalue weighted by molar-refractivity contribution is 5.88. The molecular formula is C18H17N. The van der Waals surface area contributed by atoms with E-state index in [4.69, 9.17) is 0 Å². The Kier molecular flexibility index (Phi) is 2.83. The number of nitrogens with zero attached hydrogens (tertiary/aromatic N) is 1. The summed E-state index contributed by atoms with van der Waals surface area (Å²) in [5.41, 5.74) is 7.33. The first kappa shape index (κ1) is 11.9. The summed E-state index contributed by atoms with van der Waals surface area (Å²) in [7, 11) is 0. The van der Waals surface area contributed by atoms with Gasteiger partial charge in [-0.15, -0.1) is 0 Å². The van der Waals surface area contributed by atoms with Crippen LogP contribution < -0.4 is 0 Å². The number of fused-ring (bicyclic) bond motifs is 1. The van der Waals surface area contributed by atoms with Crippen LogP contribution in [0.1, 0.15) is 16.8 Å².